The molecule has 0 saturated carbocycles. The first-order valence-electron chi connectivity index (χ1n) is 20.0. The van der Waals surface area contributed by atoms with Crippen molar-refractivity contribution in [2.45, 2.75) is 19.3 Å². The molecule has 0 bridgehead atoms. The van der Waals surface area contributed by atoms with E-state index in [2.05, 4.69) is 190 Å². The summed E-state index contributed by atoms with van der Waals surface area (Å²) in [5, 5.41) is 9.45. The lowest BCUT2D eigenvalue weighted by Gasteiger charge is -2.22. The van der Waals surface area contributed by atoms with Crippen molar-refractivity contribution >= 4 is 54.3 Å². The summed E-state index contributed by atoms with van der Waals surface area (Å²) in [6.45, 7) is 4.69. The second-order valence-corrected chi connectivity index (χ2v) is 16.1. The molecule has 3 heteroatoms. The molecule has 3 nitrogen and oxygen atoms in total. The predicted octanol–water partition coefficient (Wildman–Crippen LogP) is 14.8. The van der Waals surface area contributed by atoms with Crippen LogP contribution in [-0.2, 0) is 5.41 Å². The van der Waals surface area contributed by atoms with Crippen molar-refractivity contribution in [2.24, 2.45) is 0 Å². The van der Waals surface area contributed by atoms with Gasteiger partial charge in [-0.1, -0.05) is 153 Å². The summed E-state index contributed by atoms with van der Waals surface area (Å²) < 4.78 is 6.37. The maximum Gasteiger partial charge on any atom is 0.160 e. The molecular formula is C55H36N2O. The Labute approximate surface area is 335 Å². The zero-order valence-corrected chi connectivity index (χ0v) is 32.1. The van der Waals surface area contributed by atoms with Gasteiger partial charge in [-0.2, -0.15) is 0 Å². The second kappa shape index (κ2) is 12.3. The van der Waals surface area contributed by atoms with Crippen molar-refractivity contribution in [1.82, 2.24) is 9.97 Å². The Morgan fingerprint density at radius 2 is 1.00 bits per heavy atom. The molecule has 12 rings (SSSR count). The van der Waals surface area contributed by atoms with Crippen molar-refractivity contribution in [3.8, 4) is 56.2 Å². The van der Waals surface area contributed by atoms with Gasteiger partial charge in [0.05, 0.1) is 11.4 Å². The molecule has 9 aromatic carbocycles. The lowest BCUT2D eigenvalue weighted by Crippen LogP contribution is -2.14. The quantitative estimate of drug-likeness (QED) is 0.180. The average molecular weight is 741 g/mol. The fourth-order valence-electron chi connectivity index (χ4n) is 9.53. The monoisotopic (exact) mass is 740 g/mol. The number of benzene rings is 9. The van der Waals surface area contributed by atoms with Gasteiger partial charge in [0.2, 0.25) is 0 Å². The number of furan rings is 1. The minimum Gasteiger partial charge on any atom is -0.456 e. The van der Waals surface area contributed by atoms with Crippen LogP contribution in [0.3, 0.4) is 0 Å². The standard InChI is InChI=1S/C55H36N2O/c1-55(2)47-22-12-21-43(53(47)46-28-35-16-6-8-17-36(35)30-48(46)55)50-32-49(56-54(57-50)33-13-4-3-5-14-33)42-25-24-39(40-19-10-11-20-41(40)42)38-23-26-51-44(29-38)45-27-34-15-7-9-18-37(34)31-52(45)58-51/h3-32H,1-2H3. The molecule has 0 amide bonds. The van der Waals surface area contributed by atoms with E-state index in [4.69, 9.17) is 14.4 Å². The molecule has 0 unspecified atom stereocenters. The maximum absolute atomic E-state index is 6.37. The average Bonchev–Trinajstić information content (AvgIpc) is 3.74. The molecular weight excluding hydrogens is 705 g/mol. The molecule has 0 spiro atoms. The van der Waals surface area contributed by atoms with E-state index in [1.54, 1.807) is 0 Å². The second-order valence-electron chi connectivity index (χ2n) is 16.1. The lowest BCUT2D eigenvalue weighted by atomic mass is 9.81. The predicted molar refractivity (Wildman–Crippen MR) is 241 cm³/mol. The number of nitrogens with zero attached hydrogens (tertiary/aromatic N) is 2. The highest BCUT2D eigenvalue weighted by molar-refractivity contribution is 6.12. The Bertz CT molecular complexity index is 3480. The Hall–Kier alpha value is -7.36. The zero-order valence-electron chi connectivity index (χ0n) is 32.1. The van der Waals surface area contributed by atoms with E-state index < -0.39 is 0 Å². The molecule has 272 valence electrons. The van der Waals surface area contributed by atoms with Crippen molar-refractivity contribution in [2.75, 3.05) is 0 Å². The molecule has 1 aliphatic rings. The zero-order chi connectivity index (χ0) is 38.5. The van der Waals surface area contributed by atoms with Crippen LogP contribution in [0.25, 0.3) is 110 Å². The van der Waals surface area contributed by atoms with E-state index in [-0.39, 0.29) is 5.41 Å². The fourth-order valence-corrected chi connectivity index (χ4v) is 9.53. The Balaban J connectivity index is 1.05. The molecule has 0 atom stereocenters. The summed E-state index contributed by atoms with van der Waals surface area (Å²) in [7, 11) is 0. The van der Waals surface area contributed by atoms with Gasteiger partial charge in [0.25, 0.3) is 0 Å². The first-order valence-corrected chi connectivity index (χ1v) is 20.0. The van der Waals surface area contributed by atoms with E-state index in [1.165, 1.54) is 54.7 Å². The van der Waals surface area contributed by atoms with E-state index in [1.807, 2.05) is 6.07 Å². The molecule has 2 heterocycles. The van der Waals surface area contributed by atoms with E-state index in [0.717, 1.165) is 61.0 Å². The lowest BCUT2D eigenvalue weighted by molar-refractivity contribution is 0.661. The summed E-state index contributed by atoms with van der Waals surface area (Å²) in [6, 6.07) is 65.4. The van der Waals surface area contributed by atoms with E-state index in [0.29, 0.717) is 5.82 Å². The summed E-state index contributed by atoms with van der Waals surface area (Å²) in [5.74, 6) is 0.708. The van der Waals surface area contributed by atoms with Crippen LogP contribution in [0, 0.1) is 0 Å². The number of rotatable bonds is 4. The summed E-state index contributed by atoms with van der Waals surface area (Å²) >= 11 is 0. The first-order chi connectivity index (χ1) is 28.5. The van der Waals surface area contributed by atoms with Crippen LogP contribution >= 0.6 is 0 Å². The molecule has 0 fully saturated rings. The van der Waals surface area contributed by atoms with Crippen molar-refractivity contribution in [3.63, 3.8) is 0 Å². The Morgan fingerprint density at radius 3 is 1.78 bits per heavy atom. The summed E-state index contributed by atoms with van der Waals surface area (Å²) in [5.41, 5.74) is 14.1. The number of aromatic nitrogens is 2. The minimum atomic E-state index is -0.158. The van der Waals surface area contributed by atoms with Crippen LogP contribution in [0.5, 0.6) is 0 Å². The van der Waals surface area contributed by atoms with Gasteiger partial charge in [0.1, 0.15) is 11.2 Å². The molecule has 0 aliphatic heterocycles. The topological polar surface area (TPSA) is 38.9 Å². The van der Waals surface area contributed by atoms with Crippen LogP contribution < -0.4 is 0 Å². The minimum absolute atomic E-state index is 0.158. The molecule has 2 aromatic heterocycles. The van der Waals surface area contributed by atoms with Gasteiger partial charge < -0.3 is 4.42 Å². The van der Waals surface area contributed by atoms with Gasteiger partial charge in [0.15, 0.2) is 5.82 Å². The number of fused-ring (bicyclic) bond motifs is 9. The van der Waals surface area contributed by atoms with Crippen molar-refractivity contribution in [1.29, 1.82) is 0 Å². The van der Waals surface area contributed by atoms with Gasteiger partial charge in [-0.15, -0.1) is 0 Å². The third kappa shape index (κ3) is 4.93. The fraction of sp³-hybridized carbons (Fsp3) is 0.0545. The van der Waals surface area contributed by atoms with Gasteiger partial charge in [-0.25, -0.2) is 9.97 Å². The Morgan fingerprint density at radius 1 is 0.379 bits per heavy atom. The molecule has 1 aliphatic carbocycles. The third-order valence-corrected chi connectivity index (χ3v) is 12.4. The number of hydrogen-bond donors (Lipinski definition) is 0. The van der Waals surface area contributed by atoms with Crippen LogP contribution in [-0.4, -0.2) is 9.97 Å². The molecule has 11 aromatic rings. The van der Waals surface area contributed by atoms with Crippen molar-refractivity contribution in [3.05, 3.63) is 193 Å². The third-order valence-electron chi connectivity index (χ3n) is 12.4. The smallest absolute Gasteiger partial charge is 0.160 e. The van der Waals surface area contributed by atoms with Gasteiger partial charge in [0, 0.05) is 32.9 Å². The largest absolute Gasteiger partial charge is 0.456 e. The Kier molecular flexibility index (Phi) is 6.98. The number of hydrogen-bond acceptors (Lipinski definition) is 3. The molecule has 0 N–H and O–H groups in total. The SMILES string of the molecule is CC1(C)c2cc3ccccc3cc2-c2c(-c3cc(-c4ccc(-c5ccc6oc7cc8ccccc8cc7c6c5)c5ccccc45)nc(-c4ccccc4)n3)cccc21. The van der Waals surface area contributed by atoms with Crippen molar-refractivity contribution < 1.29 is 4.42 Å². The normalized spacial score (nSPS) is 13.1. The summed E-state index contributed by atoms with van der Waals surface area (Å²) in [6.07, 6.45) is 0. The van der Waals surface area contributed by atoms with Crippen LogP contribution in [0.2, 0.25) is 0 Å². The highest BCUT2D eigenvalue weighted by Gasteiger charge is 2.37. The van der Waals surface area contributed by atoms with Gasteiger partial charge in [-0.05, 0) is 108 Å². The highest BCUT2D eigenvalue weighted by atomic mass is 16.3. The maximum atomic E-state index is 6.37. The van der Waals surface area contributed by atoms with Crippen LogP contribution in [0.1, 0.15) is 25.0 Å². The van der Waals surface area contributed by atoms with E-state index in [9.17, 15) is 0 Å². The van der Waals surface area contributed by atoms with Crippen LogP contribution in [0.4, 0.5) is 0 Å². The summed E-state index contributed by atoms with van der Waals surface area (Å²) in [4.78, 5) is 10.7. The van der Waals surface area contributed by atoms with Gasteiger partial charge >= 0.3 is 0 Å². The van der Waals surface area contributed by atoms with E-state index >= 15 is 0 Å². The molecule has 0 saturated heterocycles. The highest BCUT2D eigenvalue weighted by Crippen LogP contribution is 2.53. The van der Waals surface area contributed by atoms with Crippen LogP contribution in [0.15, 0.2) is 186 Å². The molecule has 0 radical (unpaired) electrons. The van der Waals surface area contributed by atoms with Gasteiger partial charge in [-0.3, -0.25) is 0 Å². The molecule has 58 heavy (non-hydrogen) atoms. The first kappa shape index (κ1) is 32.8.